The maximum Gasteiger partial charge on any atom is 0.223 e. The maximum absolute atomic E-state index is 12.0. The molecule has 1 unspecified atom stereocenters. The molecule has 0 spiro atoms. The van der Waals surface area contributed by atoms with Gasteiger partial charge in [0.2, 0.25) is 5.91 Å². The van der Waals surface area contributed by atoms with Gasteiger partial charge >= 0.3 is 0 Å². The average Bonchev–Trinajstić information content (AvgIpc) is 3.02. The van der Waals surface area contributed by atoms with Gasteiger partial charge in [0.15, 0.2) is 0 Å². The third-order valence-corrected chi connectivity index (χ3v) is 3.96. The lowest BCUT2D eigenvalue weighted by atomic mass is 9.99. The molecule has 18 heavy (non-hydrogen) atoms. The lowest BCUT2D eigenvalue weighted by molar-refractivity contribution is -0.128. The molecule has 92 valence electrons. The van der Waals surface area contributed by atoms with Crippen LogP contribution in [0.5, 0.6) is 0 Å². The lowest BCUT2D eigenvalue weighted by Crippen LogP contribution is -2.24. The molecule has 4 heteroatoms. The minimum absolute atomic E-state index is 0.233. The molecule has 1 aliphatic heterocycles. The van der Waals surface area contributed by atoms with Crippen LogP contribution in [0.25, 0.3) is 0 Å². The highest BCUT2D eigenvalue weighted by atomic mass is 32.1. The number of amides is 1. The zero-order valence-corrected chi connectivity index (χ0v) is 10.8. The maximum atomic E-state index is 12.0. The fraction of sp³-hybridized carbons (Fsp3) is 0.286. The number of benzene rings is 1. The zero-order chi connectivity index (χ0) is 12.4. The van der Waals surface area contributed by atoms with Gasteiger partial charge in [0, 0.05) is 24.3 Å². The number of rotatable bonds is 3. The van der Waals surface area contributed by atoms with Crippen LogP contribution >= 0.6 is 11.3 Å². The molecule has 0 aliphatic carbocycles. The predicted molar refractivity (Wildman–Crippen MR) is 71.3 cm³/mol. The molecular weight excluding hydrogens is 244 g/mol. The van der Waals surface area contributed by atoms with Crippen LogP contribution in [0, 0.1) is 0 Å². The van der Waals surface area contributed by atoms with Crippen molar-refractivity contribution in [2.75, 3.05) is 6.54 Å². The summed E-state index contributed by atoms with van der Waals surface area (Å²) in [5.41, 5.74) is 4.05. The van der Waals surface area contributed by atoms with E-state index in [-0.39, 0.29) is 5.91 Å². The number of carbonyl (C=O) groups is 1. The Morgan fingerprint density at radius 3 is 2.89 bits per heavy atom. The number of carbonyl (C=O) groups excluding carboxylic acids is 1. The molecule has 1 saturated heterocycles. The number of hydrogen-bond acceptors (Lipinski definition) is 3. The second-order valence-electron chi connectivity index (χ2n) is 4.57. The fourth-order valence-corrected chi connectivity index (χ4v) is 2.93. The Morgan fingerprint density at radius 1 is 1.33 bits per heavy atom. The monoisotopic (exact) mass is 258 g/mol. The molecule has 0 bridgehead atoms. The predicted octanol–water partition coefficient (Wildman–Crippen LogP) is 2.66. The minimum Gasteiger partial charge on any atom is -0.336 e. The molecule has 0 radical (unpaired) electrons. The molecule has 1 aromatic heterocycles. The number of likely N-dealkylation sites (tertiary alicyclic amines) is 1. The molecule has 1 amide bonds. The van der Waals surface area contributed by atoms with Crippen molar-refractivity contribution in [3.05, 3.63) is 52.5 Å². The second-order valence-corrected chi connectivity index (χ2v) is 5.28. The third kappa shape index (κ3) is 2.29. The molecule has 0 N–H and O–H groups in total. The summed E-state index contributed by atoms with van der Waals surface area (Å²) in [6, 6.07) is 10.3. The lowest BCUT2D eigenvalue weighted by Gasteiger charge is -2.15. The Morgan fingerprint density at radius 2 is 2.17 bits per heavy atom. The van der Waals surface area contributed by atoms with Gasteiger partial charge in [0.25, 0.3) is 0 Å². The molecule has 2 heterocycles. The van der Waals surface area contributed by atoms with Gasteiger partial charge in [-0.15, -0.1) is 11.3 Å². The van der Waals surface area contributed by atoms with Crippen LogP contribution in [0.15, 0.2) is 41.2 Å². The number of thiazole rings is 1. The summed E-state index contributed by atoms with van der Waals surface area (Å²) in [7, 11) is 0. The first-order chi connectivity index (χ1) is 8.83. The van der Waals surface area contributed by atoms with Crippen molar-refractivity contribution >= 4 is 17.2 Å². The van der Waals surface area contributed by atoms with Crippen LogP contribution in [0.3, 0.4) is 0 Å². The Labute approximate surface area is 110 Å². The molecular formula is C14H14N2OS. The van der Waals surface area contributed by atoms with Gasteiger partial charge < -0.3 is 4.90 Å². The van der Waals surface area contributed by atoms with Gasteiger partial charge in [-0.1, -0.05) is 30.3 Å². The first kappa shape index (κ1) is 11.4. The van der Waals surface area contributed by atoms with Crippen molar-refractivity contribution in [1.29, 1.82) is 0 Å². The van der Waals surface area contributed by atoms with Gasteiger partial charge in [0.1, 0.15) is 0 Å². The van der Waals surface area contributed by atoms with Crippen molar-refractivity contribution < 1.29 is 4.79 Å². The molecule has 1 atom stereocenters. The SMILES string of the molecule is O=C1CC(c2ccccc2)CN1Cc1cscn1. The Kier molecular flexibility index (Phi) is 3.11. The first-order valence-corrected chi connectivity index (χ1v) is 6.97. The summed E-state index contributed by atoms with van der Waals surface area (Å²) < 4.78 is 0. The molecule has 3 nitrogen and oxygen atoms in total. The van der Waals surface area contributed by atoms with E-state index in [1.165, 1.54) is 5.56 Å². The highest BCUT2D eigenvalue weighted by molar-refractivity contribution is 7.07. The van der Waals surface area contributed by atoms with Crippen molar-refractivity contribution in [3.63, 3.8) is 0 Å². The van der Waals surface area contributed by atoms with Crippen LogP contribution < -0.4 is 0 Å². The first-order valence-electron chi connectivity index (χ1n) is 6.03. The van der Waals surface area contributed by atoms with Gasteiger partial charge in [-0.25, -0.2) is 4.98 Å². The van der Waals surface area contributed by atoms with Crippen LogP contribution in [0.1, 0.15) is 23.6 Å². The summed E-state index contributed by atoms with van der Waals surface area (Å²) in [6.45, 7) is 1.45. The van der Waals surface area contributed by atoms with Gasteiger partial charge in [0.05, 0.1) is 17.7 Å². The summed E-state index contributed by atoms with van der Waals surface area (Å²) in [4.78, 5) is 18.1. The van der Waals surface area contributed by atoms with E-state index >= 15 is 0 Å². The van der Waals surface area contributed by atoms with Crippen molar-refractivity contribution in [1.82, 2.24) is 9.88 Å². The highest BCUT2D eigenvalue weighted by Gasteiger charge is 2.30. The van der Waals surface area contributed by atoms with E-state index < -0.39 is 0 Å². The van der Waals surface area contributed by atoms with Crippen molar-refractivity contribution in [3.8, 4) is 0 Å². The normalized spacial score (nSPS) is 19.4. The standard InChI is InChI=1S/C14H14N2OS/c17-14-6-12(11-4-2-1-3-5-11)7-16(14)8-13-9-18-10-15-13/h1-5,9-10,12H,6-8H2. The Bertz CT molecular complexity index is 524. The van der Waals surface area contributed by atoms with Crippen LogP contribution in [0.2, 0.25) is 0 Å². The van der Waals surface area contributed by atoms with E-state index in [1.807, 2.05) is 34.0 Å². The van der Waals surface area contributed by atoms with E-state index in [0.717, 1.165) is 12.2 Å². The van der Waals surface area contributed by atoms with Crippen LogP contribution in [-0.2, 0) is 11.3 Å². The molecule has 3 rings (SSSR count). The number of nitrogens with zero attached hydrogens (tertiary/aromatic N) is 2. The Hall–Kier alpha value is -1.68. The minimum atomic E-state index is 0.233. The number of hydrogen-bond donors (Lipinski definition) is 0. The molecule has 1 fully saturated rings. The summed E-state index contributed by atoms with van der Waals surface area (Å²) in [5, 5.41) is 2.00. The largest absolute Gasteiger partial charge is 0.336 e. The molecule has 0 saturated carbocycles. The summed E-state index contributed by atoms with van der Waals surface area (Å²) >= 11 is 1.57. The third-order valence-electron chi connectivity index (χ3n) is 3.32. The van der Waals surface area contributed by atoms with Gasteiger partial charge in [-0.3, -0.25) is 4.79 Å². The summed E-state index contributed by atoms with van der Waals surface area (Å²) in [5.74, 6) is 0.564. The van der Waals surface area contributed by atoms with Crippen molar-refractivity contribution in [2.24, 2.45) is 0 Å². The second kappa shape index (κ2) is 4.90. The van der Waals surface area contributed by atoms with Gasteiger partial charge in [-0.2, -0.15) is 0 Å². The average molecular weight is 258 g/mol. The van der Waals surface area contributed by atoms with E-state index in [4.69, 9.17) is 0 Å². The highest BCUT2D eigenvalue weighted by Crippen LogP contribution is 2.28. The fourth-order valence-electron chi connectivity index (χ4n) is 2.38. The van der Waals surface area contributed by atoms with E-state index in [9.17, 15) is 4.79 Å². The molecule has 1 aliphatic rings. The smallest absolute Gasteiger partial charge is 0.223 e. The zero-order valence-electron chi connectivity index (χ0n) is 9.95. The van der Waals surface area contributed by atoms with Crippen molar-refractivity contribution in [2.45, 2.75) is 18.9 Å². The van der Waals surface area contributed by atoms with E-state index in [0.29, 0.717) is 18.9 Å². The number of aromatic nitrogens is 1. The molecule has 1 aromatic carbocycles. The Balaban J connectivity index is 1.71. The topological polar surface area (TPSA) is 33.2 Å². The summed E-state index contributed by atoms with van der Waals surface area (Å²) in [6.07, 6.45) is 0.619. The van der Waals surface area contributed by atoms with Gasteiger partial charge in [-0.05, 0) is 5.56 Å². The van der Waals surface area contributed by atoms with E-state index in [2.05, 4.69) is 17.1 Å². The van der Waals surface area contributed by atoms with Crippen LogP contribution in [0.4, 0.5) is 0 Å². The molecule has 2 aromatic rings. The van der Waals surface area contributed by atoms with Crippen LogP contribution in [-0.4, -0.2) is 22.3 Å². The quantitative estimate of drug-likeness (QED) is 0.848. The van der Waals surface area contributed by atoms with E-state index in [1.54, 1.807) is 11.3 Å².